The topological polar surface area (TPSA) is 58.6 Å². The molecule has 1 saturated heterocycles. The molecule has 5 heteroatoms. The van der Waals surface area contributed by atoms with Crippen LogP contribution in [0, 0.1) is 0 Å². The number of carbonyl (C=O) groups is 2. The summed E-state index contributed by atoms with van der Waals surface area (Å²) in [6.07, 6.45) is 0.582. The summed E-state index contributed by atoms with van der Waals surface area (Å²) in [6.45, 7) is 2.52. The maximum absolute atomic E-state index is 12.7. The molecule has 1 atom stereocenters. The minimum absolute atomic E-state index is 0.224. The van der Waals surface area contributed by atoms with Crippen LogP contribution in [0.2, 0.25) is 0 Å². The number of benzene rings is 2. The van der Waals surface area contributed by atoms with Crippen LogP contribution in [0.3, 0.4) is 0 Å². The van der Waals surface area contributed by atoms with Crippen LogP contribution < -0.4 is 10.1 Å². The molecule has 0 bridgehead atoms. The normalized spacial score (nSPS) is 20.1. The van der Waals surface area contributed by atoms with Crippen molar-refractivity contribution < 1.29 is 14.3 Å². The van der Waals surface area contributed by atoms with E-state index in [9.17, 15) is 9.59 Å². The number of nitrogens with one attached hydrogen (secondary N) is 1. The summed E-state index contributed by atoms with van der Waals surface area (Å²) in [5.74, 6) is 0.558. The van der Waals surface area contributed by atoms with Gasteiger partial charge in [-0.15, -0.1) is 0 Å². The predicted molar refractivity (Wildman–Crippen MR) is 90.6 cm³/mol. The molecule has 1 aliphatic rings. The summed E-state index contributed by atoms with van der Waals surface area (Å²) < 4.78 is 5.60. The van der Waals surface area contributed by atoms with E-state index in [1.54, 1.807) is 6.92 Å². The summed E-state index contributed by atoms with van der Waals surface area (Å²) in [4.78, 5) is 26.2. The number of amides is 3. The fraction of sp³-hybridized carbons (Fsp3) is 0.263. The third kappa shape index (κ3) is 3.11. The minimum Gasteiger partial charge on any atom is -0.494 e. The van der Waals surface area contributed by atoms with E-state index in [1.165, 1.54) is 4.90 Å². The number of urea groups is 1. The molecule has 1 aliphatic heterocycles. The van der Waals surface area contributed by atoms with E-state index in [0.29, 0.717) is 19.6 Å². The van der Waals surface area contributed by atoms with Crippen molar-refractivity contribution in [3.05, 3.63) is 66.2 Å². The summed E-state index contributed by atoms with van der Waals surface area (Å²) >= 11 is 0. The molecule has 0 aliphatic carbocycles. The van der Waals surface area contributed by atoms with Crippen molar-refractivity contribution in [2.24, 2.45) is 0 Å². The fourth-order valence-electron chi connectivity index (χ4n) is 2.80. The van der Waals surface area contributed by atoms with E-state index >= 15 is 0 Å². The van der Waals surface area contributed by atoms with Gasteiger partial charge in [0.2, 0.25) is 0 Å². The largest absolute Gasteiger partial charge is 0.494 e. The Hall–Kier alpha value is -2.82. The monoisotopic (exact) mass is 324 g/mol. The molecule has 0 aromatic heterocycles. The second-order valence-corrected chi connectivity index (χ2v) is 5.89. The molecular weight excluding hydrogens is 304 g/mol. The lowest BCUT2D eigenvalue weighted by Gasteiger charge is -2.22. The van der Waals surface area contributed by atoms with Gasteiger partial charge in [0.15, 0.2) is 0 Å². The second kappa shape index (κ2) is 6.74. The molecule has 5 nitrogen and oxygen atoms in total. The van der Waals surface area contributed by atoms with Crippen LogP contribution in [0.25, 0.3) is 0 Å². The average Bonchev–Trinajstić information content (AvgIpc) is 2.84. The number of hydrogen-bond donors (Lipinski definition) is 1. The lowest BCUT2D eigenvalue weighted by atomic mass is 9.92. The number of carbonyl (C=O) groups excluding carboxylic acids is 2. The smallest absolute Gasteiger partial charge is 0.325 e. The third-order valence-corrected chi connectivity index (χ3v) is 4.16. The predicted octanol–water partition coefficient (Wildman–Crippen LogP) is 2.92. The molecule has 0 spiro atoms. The van der Waals surface area contributed by atoms with Crippen molar-refractivity contribution in [3.63, 3.8) is 0 Å². The van der Waals surface area contributed by atoms with Crippen molar-refractivity contribution >= 4 is 11.9 Å². The highest BCUT2D eigenvalue weighted by molar-refractivity contribution is 6.07. The van der Waals surface area contributed by atoms with Crippen LogP contribution in [0.1, 0.15) is 18.9 Å². The number of hydrogen-bond acceptors (Lipinski definition) is 3. The summed E-state index contributed by atoms with van der Waals surface area (Å²) in [7, 11) is 0. The summed E-state index contributed by atoms with van der Waals surface area (Å²) in [6, 6.07) is 18.4. The molecule has 2 aromatic rings. The van der Waals surface area contributed by atoms with Gasteiger partial charge in [-0.2, -0.15) is 0 Å². The SMILES string of the molecule is CC1(c2ccccc2)NC(=O)N(CCCOc2ccccc2)C1=O. The maximum Gasteiger partial charge on any atom is 0.325 e. The van der Waals surface area contributed by atoms with Crippen LogP contribution in [-0.4, -0.2) is 30.0 Å². The molecule has 1 unspecified atom stereocenters. The van der Waals surface area contributed by atoms with Gasteiger partial charge in [0, 0.05) is 6.54 Å². The number of nitrogens with zero attached hydrogens (tertiary/aromatic N) is 1. The third-order valence-electron chi connectivity index (χ3n) is 4.16. The van der Waals surface area contributed by atoms with Crippen LogP contribution in [0.4, 0.5) is 4.79 Å². The van der Waals surface area contributed by atoms with Crippen molar-refractivity contribution in [1.29, 1.82) is 0 Å². The Kier molecular flexibility index (Phi) is 4.51. The average molecular weight is 324 g/mol. The number of rotatable bonds is 6. The summed E-state index contributed by atoms with van der Waals surface area (Å²) in [5, 5.41) is 2.80. The second-order valence-electron chi connectivity index (χ2n) is 5.89. The van der Waals surface area contributed by atoms with Crippen molar-refractivity contribution in [2.45, 2.75) is 18.9 Å². The van der Waals surface area contributed by atoms with E-state index in [0.717, 1.165) is 11.3 Å². The van der Waals surface area contributed by atoms with Crippen molar-refractivity contribution in [2.75, 3.05) is 13.2 Å². The highest BCUT2D eigenvalue weighted by Gasteiger charge is 2.48. The highest BCUT2D eigenvalue weighted by atomic mass is 16.5. The standard InChI is InChI=1S/C19H20N2O3/c1-19(15-9-4-2-5-10-15)17(22)21(18(23)20-19)13-8-14-24-16-11-6-3-7-12-16/h2-7,9-12H,8,13-14H2,1H3,(H,20,23). The van der Waals surface area contributed by atoms with E-state index in [1.807, 2.05) is 60.7 Å². The van der Waals surface area contributed by atoms with E-state index < -0.39 is 5.54 Å². The minimum atomic E-state index is -1.00. The van der Waals surface area contributed by atoms with Crippen LogP contribution in [0.15, 0.2) is 60.7 Å². The molecule has 1 fully saturated rings. The van der Waals surface area contributed by atoms with Gasteiger partial charge < -0.3 is 10.1 Å². The van der Waals surface area contributed by atoms with Gasteiger partial charge in [0.25, 0.3) is 5.91 Å². The molecule has 1 heterocycles. The fourth-order valence-corrected chi connectivity index (χ4v) is 2.80. The molecule has 1 N–H and O–H groups in total. The van der Waals surface area contributed by atoms with Crippen LogP contribution in [-0.2, 0) is 10.3 Å². The van der Waals surface area contributed by atoms with Gasteiger partial charge in [-0.3, -0.25) is 9.69 Å². The Morgan fingerprint density at radius 1 is 1.00 bits per heavy atom. The Labute approximate surface area is 141 Å². The van der Waals surface area contributed by atoms with Crippen LogP contribution >= 0.6 is 0 Å². The van der Waals surface area contributed by atoms with Crippen molar-refractivity contribution in [1.82, 2.24) is 10.2 Å². The van der Waals surface area contributed by atoms with E-state index in [-0.39, 0.29) is 11.9 Å². The van der Waals surface area contributed by atoms with Gasteiger partial charge >= 0.3 is 6.03 Å². The molecule has 2 aromatic carbocycles. The first kappa shape index (κ1) is 16.1. The number of para-hydroxylation sites is 1. The zero-order valence-corrected chi connectivity index (χ0v) is 13.6. The van der Waals surface area contributed by atoms with Gasteiger partial charge in [0.05, 0.1) is 6.61 Å². The van der Waals surface area contributed by atoms with Gasteiger partial charge in [-0.25, -0.2) is 4.79 Å². The quantitative estimate of drug-likeness (QED) is 0.656. The van der Waals surface area contributed by atoms with Gasteiger partial charge in [0.1, 0.15) is 11.3 Å². The number of ether oxygens (including phenoxy) is 1. The Morgan fingerprint density at radius 3 is 2.29 bits per heavy atom. The Bertz CT molecular complexity index is 718. The molecule has 0 saturated carbocycles. The Morgan fingerprint density at radius 2 is 1.62 bits per heavy atom. The molecule has 3 amide bonds. The van der Waals surface area contributed by atoms with Crippen LogP contribution in [0.5, 0.6) is 5.75 Å². The van der Waals surface area contributed by atoms with Gasteiger partial charge in [-0.1, -0.05) is 48.5 Å². The molecule has 3 rings (SSSR count). The highest BCUT2D eigenvalue weighted by Crippen LogP contribution is 2.28. The lowest BCUT2D eigenvalue weighted by Crippen LogP contribution is -2.41. The maximum atomic E-state index is 12.7. The van der Waals surface area contributed by atoms with E-state index in [4.69, 9.17) is 4.74 Å². The zero-order valence-electron chi connectivity index (χ0n) is 13.6. The Balaban J connectivity index is 1.59. The molecule has 0 radical (unpaired) electrons. The lowest BCUT2D eigenvalue weighted by molar-refractivity contribution is -0.131. The molecule has 24 heavy (non-hydrogen) atoms. The summed E-state index contributed by atoms with van der Waals surface area (Å²) in [5.41, 5.74) is -0.218. The van der Waals surface area contributed by atoms with Crippen molar-refractivity contribution in [3.8, 4) is 5.75 Å². The first-order valence-electron chi connectivity index (χ1n) is 7.99. The zero-order chi connectivity index (χ0) is 17.0. The van der Waals surface area contributed by atoms with Gasteiger partial charge in [-0.05, 0) is 31.0 Å². The number of imide groups is 1. The first-order valence-corrected chi connectivity index (χ1v) is 7.99. The molecular formula is C19H20N2O3. The van der Waals surface area contributed by atoms with E-state index in [2.05, 4.69) is 5.32 Å². The molecule has 124 valence electrons. The first-order chi connectivity index (χ1) is 11.6.